The molecule has 3 aromatic rings. The average Bonchev–Trinajstić information content (AvgIpc) is 2.86. The number of benzene rings is 1. The Labute approximate surface area is 202 Å². The predicted molar refractivity (Wildman–Crippen MR) is 125 cm³/mol. The van der Waals surface area contributed by atoms with Gasteiger partial charge in [-0.25, -0.2) is 13.4 Å². The number of fused-ring (bicyclic) bond motifs is 2. The highest BCUT2D eigenvalue weighted by molar-refractivity contribution is 7.89. The van der Waals surface area contributed by atoms with Crippen LogP contribution in [0.3, 0.4) is 0 Å². The molecule has 0 radical (unpaired) electrons. The van der Waals surface area contributed by atoms with E-state index in [1.54, 1.807) is 18.3 Å². The lowest BCUT2D eigenvalue weighted by Gasteiger charge is -2.30. The molecule has 10 nitrogen and oxygen atoms in total. The first-order valence-corrected chi connectivity index (χ1v) is 12.8. The molecule has 2 aliphatic heterocycles. The van der Waals surface area contributed by atoms with E-state index in [0.29, 0.717) is 48.9 Å². The van der Waals surface area contributed by atoms with E-state index < -0.39 is 21.9 Å². The van der Waals surface area contributed by atoms with Crippen molar-refractivity contribution in [3.63, 3.8) is 0 Å². The van der Waals surface area contributed by atoms with Gasteiger partial charge < -0.3 is 14.2 Å². The van der Waals surface area contributed by atoms with Crippen molar-refractivity contribution in [2.24, 2.45) is 5.92 Å². The molecule has 0 saturated carbocycles. The van der Waals surface area contributed by atoms with Crippen LogP contribution in [0.15, 0.2) is 52.3 Å². The number of pyridine rings is 1. The summed E-state index contributed by atoms with van der Waals surface area (Å²) in [6.45, 7) is 2.98. The Balaban J connectivity index is 1.20. The highest BCUT2D eigenvalue weighted by Gasteiger charge is 2.33. The number of piperidine rings is 1. The molecule has 0 N–H and O–H groups in total. The summed E-state index contributed by atoms with van der Waals surface area (Å²) in [5.74, 6) is 0.0846. The third-order valence-corrected chi connectivity index (χ3v) is 8.07. The van der Waals surface area contributed by atoms with Gasteiger partial charge in [-0.05, 0) is 49.6 Å². The van der Waals surface area contributed by atoms with Gasteiger partial charge in [0.2, 0.25) is 10.0 Å². The molecule has 1 fully saturated rings. The van der Waals surface area contributed by atoms with Gasteiger partial charge in [-0.2, -0.15) is 4.31 Å². The molecule has 11 heteroatoms. The van der Waals surface area contributed by atoms with Crippen LogP contribution in [0, 0.1) is 12.8 Å². The maximum atomic E-state index is 13.1. The summed E-state index contributed by atoms with van der Waals surface area (Å²) in [7, 11) is -3.73. The largest absolute Gasteiger partial charge is 0.486 e. The lowest BCUT2D eigenvalue weighted by atomic mass is 9.98. The number of hydrogen-bond acceptors (Lipinski definition) is 8. The number of hydrogen-bond donors (Lipinski definition) is 0. The second-order valence-corrected chi connectivity index (χ2v) is 10.5. The van der Waals surface area contributed by atoms with E-state index in [1.165, 1.54) is 26.9 Å². The fraction of sp³-hybridized carbons (Fsp3) is 0.375. The molecule has 4 heterocycles. The van der Waals surface area contributed by atoms with Crippen LogP contribution in [-0.2, 0) is 26.2 Å². The van der Waals surface area contributed by atoms with Crippen molar-refractivity contribution in [2.75, 3.05) is 26.3 Å². The molecule has 2 aliphatic rings. The van der Waals surface area contributed by atoms with Crippen LogP contribution in [0.2, 0.25) is 0 Å². The van der Waals surface area contributed by atoms with Crippen molar-refractivity contribution in [3.8, 4) is 11.5 Å². The number of sulfonamides is 1. The predicted octanol–water partition coefficient (Wildman–Crippen LogP) is 1.92. The van der Waals surface area contributed by atoms with Crippen LogP contribution in [0.1, 0.15) is 24.1 Å². The van der Waals surface area contributed by atoms with Crippen molar-refractivity contribution < 1.29 is 27.4 Å². The van der Waals surface area contributed by atoms with Crippen molar-refractivity contribution in [1.82, 2.24) is 13.7 Å². The molecule has 0 spiro atoms. The molecule has 0 unspecified atom stereocenters. The average molecular weight is 500 g/mol. The molecule has 184 valence electrons. The number of nitrogens with zero attached hydrogens (tertiary/aromatic N) is 3. The quantitative estimate of drug-likeness (QED) is 0.489. The van der Waals surface area contributed by atoms with Gasteiger partial charge in [0.25, 0.3) is 5.56 Å². The third-order valence-electron chi connectivity index (χ3n) is 6.18. The first-order valence-electron chi connectivity index (χ1n) is 11.4. The number of carbonyl (C=O) groups excluding carboxylic acids is 1. The van der Waals surface area contributed by atoms with Crippen LogP contribution < -0.4 is 15.0 Å². The Morgan fingerprint density at radius 2 is 1.83 bits per heavy atom. The lowest BCUT2D eigenvalue weighted by molar-refractivity contribution is -0.151. The Kier molecular flexibility index (Phi) is 6.20. The molecular weight excluding hydrogens is 474 g/mol. The highest BCUT2D eigenvalue weighted by atomic mass is 32.2. The van der Waals surface area contributed by atoms with E-state index in [4.69, 9.17) is 14.2 Å². The van der Waals surface area contributed by atoms with Crippen molar-refractivity contribution in [2.45, 2.75) is 31.3 Å². The first-order chi connectivity index (χ1) is 16.8. The summed E-state index contributed by atoms with van der Waals surface area (Å²) in [6, 6.07) is 9.52. The maximum Gasteiger partial charge on any atom is 0.309 e. The zero-order valence-corrected chi connectivity index (χ0v) is 20.0. The van der Waals surface area contributed by atoms with Gasteiger partial charge in [0, 0.05) is 31.4 Å². The zero-order valence-electron chi connectivity index (χ0n) is 19.2. The molecule has 5 rings (SSSR count). The van der Waals surface area contributed by atoms with Gasteiger partial charge in [-0.1, -0.05) is 0 Å². The topological polar surface area (TPSA) is 117 Å². The number of ether oxygens (including phenoxy) is 3. The number of esters is 1. The van der Waals surface area contributed by atoms with Gasteiger partial charge >= 0.3 is 5.97 Å². The summed E-state index contributed by atoms with van der Waals surface area (Å²) in [5.41, 5.74) is 1.57. The summed E-state index contributed by atoms with van der Waals surface area (Å²) >= 11 is 0. The van der Waals surface area contributed by atoms with Gasteiger partial charge in [-0.3, -0.25) is 14.0 Å². The minimum Gasteiger partial charge on any atom is -0.486 e. The monoisotopic (exact) mass is 499 g/mol. The Hall–Kier alpha value is -3.44. The van der Waals surface area contributed by atoms with Crippen LogP contribution in [0.25, 0.3) is 5.65 Å². The zero-order chi connectivity index (χ0) is 24.6. The summed E-state index contributed by atoms with van der Waals surface area (Å²) in [6.07, 6.45) is 2.34. The normalized spacial score (nSPS) is 16.8. The first kappa shape index (κ1) is 23.3. The van der Waals surface area contributed by atoms with Gasteiger partial charge in [0.1, 0.15) is 25.5 Å². The minimum absolute atomic E-state index is 0.117. The molecule has 2 aromatic heterocycles. The molecule has 35 heavy (non-hydrogen) atoms. The van der Waals surface area contributed by atoms with E-state index in [1.807, 2.05) is 13.0 Å². The van der Waals surface area contributed by atoms with E-state index in [2.05, 4.69) is 4.98 Å². The summed E-state index contributed by atoms with van der Waals surface area (Å²) < 4.78 is 45.4. The smallest absolute Gasteiger partial charge is 0.309 e. The third kappa shape index (κ3) is 4.73. The molecule has 0 amide bonds. The van der Waals surface area contributed by atoms with Crippen LogP contribution >= 0.6 is 0 Å². The summed E-state index contributed by atoms with van der Waals surface area (Å²) in [5, 5.41) is 0. The second kappa shape index (κ2) is 9.31. The number of aryl methyl sites for hydroxylation is 1. The fourth-order valence-corrected chi connectivity index (χ4v) is 5.74. The van der Waals surface area contributed by atoms with E-state index in [9.17, 15) is 18.0 Å². The van der Waals surface area contributed by atoms with E-state index in [0.717, 1.165) is 5.56 Å². The second-order valence-electron chi connectivity index (χ2n) is 8.61. The van der Waals surface area contributed by atoms with Crippen LogP contribution in [0.4, 0.5) is 0 Å². The molecule has 1 saturated heterocycles. The Morgan fingerprint density at radius 3 is 2.60 bits per heavy atom. The fourth-order valence-electron chi connectivity index (χ4n) is 4.26. The molecule has 1 aromatic carbocycles. The van der Waals surface area contributed by atoms with Crippen LogP contribution in [-0.4, -0.2) is 54.4 Å². The lowest BCUT2D eigenvalue weighted by Crippen LogP contribution is -2.40. The van der Waals surface area contributed by atoms with E-state index >= 15 is 0 Å². The number of carbonyl (C=O) groups is 1. The van der Waals surface area contributed by atoms with Gasteiger partial charge in [0.05, 0.1) is 16.5 Å². The van der Waals surface area contributed by atoms with E-state index in [-0.39, 0.29) is 30.2 Å². The molecular formula is C24H25N3O7S. The molecule has 0 atom stereocenters. The SMILES string of the molecule is Cc1ccn2c(=O)cc(COC(=O)C3CCN(S(=O)(=O)c4ccc5c(c4)OCCO5)CC3)nc2c1. The van der Waals surface area contributed by atoms with Gasteiger partial charge in [0.15, 0.2) is 11.5 Å². The van der Waals surface area contributed by atoms with Crippen molar-refractivity contribution >= 4 is 21.6 Å². The Morgan fingerprint density at radius 1 is 1.09 bits per heavy atom. The molecule has 0 aliphatic carbocycles. The standard InChI is InChI=1S/C24H25N3O7S/c1-16-4-9-27-22(12-16)25-18(13-23(27)28)15-34-24(29)17-5-7-26(8-6-17)35(30,31)19-2-3-20-21(14-19)33-11-10-32-20/h2-4,9,12-14,17H,5-8,10-11,15H2,1H3. The Bertz CT molecular complexity index is 1440. The molecule has 0 bridgehead atoms. The highest BCUT2D eigenvalue weighted by Crippen LogP contribution is 2.34. The summed E-state index contributed by atoms with van der Waals surface area (Å²) in [4.78, 5) is 29.5. The van der Waals surface area contributed by atoms with Crippen molar-refractivity contribution in [3.05, 3.63) is 64.2 Å². The van der Waals surface area contributed by atoms with Crippen LogP contribution in [0.5, 0.6) is 11.5 Å². The van der Waals surface area contributed by atoms with Gasteiger partial charge in [-0.15, -0.1) is 0 Å². The number of rotatable bonds is 5. The number of aromatic nitrogens is 2. The minimum atomic E-state index is -3.73. The van der Waals surface area contributed by atoms with Crippen molar-refractivity contribution in [1.29, 1.82) is 0 Å². The maximum absolute atomic E-state index is 13.1.